The molecule has 1 aromatic carbocycles. The van der Waals surface area contributed by atoms with Crippen LogP contribution < -0.4 is 10.2 Å². The summed E-state index contributed by atoms with van der Waals surface area (Å²) in [5, 5.41) is 3.60. The van der Waals surface area contributed by atoms with Gasteiger partial charge in [0, 0.05) is 50.0 Å². The smallest absolute Gasteiger partial charge is 0.0472 e. The second-order valence-electron chi connectivity index (χ2n) is 6.79. The summed E-state index contributed by atoms with van der Waals surface area (Å²) in [6.07, 6.45) is 5.20. The zero-order valence-corrected chi connectivity index (χ0v) is 12.1. The lowest BCUT2D eigenvalue weighted by molar-refractivity contribution is -0.000195. The van der Waals surface area contributed by atoms with Crippen molar-refractivity contribution in [3.05, 3.63) is 29.8 Å². The summed E-state index contributed by atoms with van der Waals surface area (Å²) < 4.78 is 5.49. The lowest BCUT2D eigenvalue weighted by Crippen LogP contribution is -2.58. The molecule has 1 N–H and O–H groups in total. The molecular weight excluding hydrogens is 248 g/mol. The normalized spacial score (nSPS) is 24.7. The molecule has 0 amide bonds. The quantitative estimate of drug-likeness (QED) is 0.911. The lowest BCUT2D eigenvalue weighted by atomic mass is 9.73. The van der Waals surface area contributed by atoms with E-state index in [1.165, 1.54) is 50.0 Å². The fourth-order valence-corrected chi connectivity index (χ4v) is 3.48. The number of hydrogen-bond acceptors (Lipinski definition) is 3. The summed E-state index contributed by atoms with van der Waals surface area (Å²) in [5.41, 5.74) is 3.38. The zero-order chi connectivity index (χ0) is 13.4. The Labute approximate surface area is 121 Å². The Morgan fingerprint density at radius 3 is 2.75 bits per heavy atom. The van der Waals surface area contributed by atoms with E-state index in [0.717, 1.165) is 25.8 Å². The lowest BCUT2D eigenvalue weighted by Gasteiger charge is -2.53. The molecule has 3 heteroatoms. The number of ether oxygens (including phenoxy) is 1. The van der Waals surface area contributed by atoms with Gasteiger partial charge in [0.1, 0.15) is 0 Å². The van der Waals surface area contributed by atoms with E-state index in [1.54, 1.807) is 0 Å². The molecule has 1 aromatic rings. The Hall–Kier alpha value is -1.06. The number of hydrogen-bond donors (Lipinski definition) is 1. The van der Waals surface area contributed by atoms with Gasteiger partial charge in [-0.2, -0.15) is 0 Å². The van der Waals surface area contributed by atoms with Crippen LogP contribution in [-0.4, -0.2) is 32.3 Å². The van der Waals surface area contributed by atoms with Crippen LogP contribution in [0.5, 0.6) is 0 Å². The van der Waals surface area contributed by atoms with Gasteiger partial charge in [-0.1, -0.05) is 12.1 Å². The molecule has 2 aliphatic heterocycles. The van der Waals surface area contributed by atoms with Gasteiger partial charge in [-0.05, 0) is 43.4 Å². The Balaban J connectivity index is 1.37. The molecule has 20 heavy (non-hydrogen) atoms. The van der Waals surface area contributed by atoms with E-state index in [1.807, 2.05) is 0 Å². The van der Waals surface area contributed by atoms with E-state index in [4.69, 9.17) is 4.74 Å². The minimum atomic E-state index is 0.556. The van der Waals surface area contributed by atoms with Crippen LogP contribution in [0, 0.1) is 5.41 Å². The average Bonchev–Trinajstić information content (AvgIpc) is 3.28. The van der Waals surface area contributed by atoms with Crippen LogP contribution in [0.25, 0.3) is 0 Å². The molecular formula is C17H24N2O. The zero-order valence-electron chi connectivity index (χ0n) is 12.1. The van der Waals surface area contributed by atoms with Gasteiger partial charge in [-0.3, -0.25) is 0 Å². The van der Waals surface area contributed by atoms with Crippen molar-refractivity contribution in [2.24, 2.45) is 5.41 Å². The predicted octanol–water partition coefficient (Wildman–Crippen LogP) is 2.56. The van der Waals surface area contributed by atoms with Crippen LogP contribution in [0.4, 0.5) is 5.69 Å². The van der Waals surface area contributed by atoms with Gasteiger partial charge in [-0.15, -0.1) is 0 Å². The highest BCUT2D eigenvalue weighted by Gasteiger charge is 2.43. The first kappa shape index (κ1) is 12.7. The van der Waals surface area contributed by atoms with Gasteiger partial charge in [0.2, 0.25) is 0 Å². The second-order valence-corrected chi connectivity index (χ2v) is 6.79. The Kier molecular flexibility index (Phi) is 3.20. The van der Waals surface area contributed by atoms with E-state index in [2.05, 4.69) is 34.5 Å². The molecule has 0 aromatic heterocycles. The molecule has 1 saturated carbocycles. The fourth-order valence-electron chi connectivity index (χ4n) is 3.48. The number of nitrogens with zero attached hydrogens (tertiary/aromatic N) is 1. The highest BCUT2D eigenvalue weighted by Crippen LogP contribution is 2.42. The third kappa shape index (κ3) is 2.57. The van der Waals surface area contributed by atoms with Gasteiger partial charge >= 0.3 is 0 Å². The number of nitrogens with one attached hydrogen (secondary N) is 1. The van der Waals surface area contributed by atoms with Crippen molar-refractivity contribution in [2.75, 3.05) is 31.2 Å². The Bertz CT molecular complexity index is 470. The van der Waals surface area contributed by atoms with Crippen molar-refractivity contribution >= 4 is 5.69 Å². The van der Waals surface area contributed by atoms with Crippen LogP contribution in [0.3, 0.4) is 0 Å². The predicted molar refractivity (Wildman–Crippen MR) is 81.0 cm³/mol. The van der Waals surface area contributed by atoms with Crippen LogP contribution in [-0.2, 0) is 11.3 Å². The summed E-state index contributed by atoms with van der Waals surface area (Å²) in [6.45, 7) is 5.37. The molecule has 1 spiro atoms. The number of rotatable bonds is 4. The average molecular weight is 272 g/mol. The second kappa shape index (κ2) is 5.05. The largest absolute Gasteiger partial charge is 0.381 e. The maximum atomic E-state index is 5.49. The van der Waals surface area contributed by atoms with Gasteiger partial charge < -0.3 is 15.0 Å². The third-order valence-corrected chi connectivity index (χ3v) is 5.05. The van der Waals surface area contributed by atoms with E-state index in [-0.39, 0.29) is 0 Å². The molecule has 0 atom stereocenters. The molecule has 4 rings (SSSR count). The van der Waals surface area contributed by atoms with E-state index in [9.17, 15) is 0 Å². The molecule has 3 fully saturated rings. The molecule has 0 bridgehead atoms. The van der Waals surface area contributed by atoms with E-state index >= 15 is 0 Å². The fraction of sp³-hybridized carbons (Fsp3) is 0.647. The topological polar surface area (TPSA) is 24.5 Å². The Morgan fingerprint density at radius 2 is 2.00 bits per heavy atom. The summed E-state index contributed by atoms with van der Waals surface area (Å²) in [7, 11) is 0. The van der Waals surface area contributed by atoms with Gasteiger partial charge in [0.15, 0.2) is 0 Å². The van der Waals surface area contributed by atoms with Gasteiger partial charge in [-0.25, -0.2) is 0 Å². The minimum absolute atomic E-state index is 0.556. The van der Waals surface area contributed by atoms with Crippen LogP contribution in [0.15, 0.2) is 24.3 Å². The molecule has 3 aliphatic rings. The molecule has 2 heterocycles. The molecule has 0 unspecified atom stereocenters. The van der Waals surface area contributed by atoms with Crippen molar-refractivity contribution in [1.82, 2.24) is 5.32 Å². The maximum absolute atomic E-state index is 5.49. The summed E-state index contributed by atoms with van der Waals surface area (Å²) >= 11 is 0. The van der Waals surface area contributed by atoms with Crippen LogP contribution in [0.1, 0.15) is 31.2 Å². The minimum Gasteiger partial charge on any atom is -0.381 e. The van der Waals surface area contributed by atoms with Crippen molar-refractivity contribution in [3.63, 3.8) is 0 Å². The first-order valence-electron chi connectivity index (χ1n) is 7.98. The van der Waals surface area contributed by atoms with E-state index in [0.29, 0.717) is 5.41 Å². The molecule has 1 aliphatic carbocycles. The van der Waals surface area contributed by atoms with Gasteiger partial charge in [0.25, 0.3) is 0 Å². The molecule has 0 radical (unpaired) electrons. The van der Waals surface area contributed by atoms with E-state index < -0.39 is 0 Å². The standard InChI is InChI=1S/C17H24N2O/c1-2-14(11-18-15-4-5-15)10-16(3-1)19-12-17(13-19)6-8-20-9-7-17/h1-3,10,15,18H,4-9,11-13H2. The number of benzene rings is 1. The third-order valence-electron chi connectivity index (χ3n) is 5.05. The highest BCUT2D eigenvalue weighted by atomic mass is 16.5. The van der Waals surface area contributed by atoms with Gasteiger partial charge in [0.05, 0.1) is 0 Å². The molecule has 3 nitrogen and oxygen atoms in total. The van der Waals surface area contributed by atoms with Crippen LogP contribution in [0.2, 0.25) is 0 Å². The Morgan fingerprint density at radius 1 is 1.20 bits per heavy atom. The molecule has 2 saturated heterocycles. The number of anilines is 1. The summed E-state index contributed by atoms with van der Waals surface area (Å²) in [6, 6.07) is 9.85. The van der Waals surface area contributed by atoms with Crippen molar-refractivity contribution in [2.45, 2.75) is 38.3 Å². The first-order valence-corrected chi connectivity index (χ1v) is 7.98. The maximum Gasteiger partial charge on any atom is 0.0472 e. The first-order chi connectivity index (χ1) is 9.83. The van der Waals surface area contributed by atoms with Crippen LogP contribution >= 0.6 is 0 Å². The van der Waals surface area contributed by atoms with Crippen molar-refractivity contribution in [1.29, 1.82) is 0 Å². The highest BCUT2D eigenvalue weighted by molar-refractivity contribution is 5.51. The summed E-state index contributed by atoms with van der Waals surface area (Å²) in [4.78, 5) is 2.53. The molecule has 108 valence electrons. The monoisotopic (exact) mass is 272 g/mol. The van der Waals surface area contributed by atoms with Crippen molar-refractivity contribution < 1.29 is 4.74 Å². The SMILES string of the molecule is c1cc(CNC2CC2)cc(N2CC3(CCOCC3)C2)c1. The van der Waals surface area contributed by atoms with Crippen molar-refractivity contribution in [3.8, 4) is 0 Å². The summed E-state index contributed by atoms with van der Waals surface area (Å²) in [5.74, 6) is 0.